The quantitative estimate of drug-likeness (QED) is 0.378. The smallest absolute Gasteiger partial charge is 0.339 e. The summed E-state index contributed by atoms with van der Waals surface area (Å²) in [5.74, 6) is -0.315. The van der Waals surface area contributed by atoms with Gasteiger partial charge in [0.15, 0.2) is 11.5 Å². The van der Waals surface area contributed by atoms with Crippen molar-refractivity contribution in [2.45, 2.75) is 13.8 Å². The van der Waals surface area contributed by atoms with Crippen LogP contribution in [0.15, 0.2) is 36.5 Å². The number of benzene rings is 2. The van der Waals surface area contributed by atoms with Crippen LogP contribution in [0.2, 0.25) is 5.15 Å². The SMILES string of the molecule is CCOc1cc2cc(C(=O)OC)c(C(=O)OC)c(-c3ccnc(Cl)c3)c2cc1OCC. The largest absolute Gasteiger partial charge is 0.490 e. The van der Waals surface area contributed by atoms with Crippen LogP contribution >= 0.6 is 11.6 Å². The number of nitrogens with zero attached hydrogens (tertiary/aromatic N) is 1. The lowest BCUT2D eigenvalue weighted by Crippen LogP contribution is -2.14. The monoisotopic (exact) mass is 443 g/mol. The molecule has 0 unspecified atom stereocenters. The molecule has 8 heteroatoms. The Hall–Kier alpha value is -3.32. The Labute approximate surface area is 184 Å². The van der Waals surface area contributed by atoms with E-state index in [1.54, 1.807) is 30.3 Å². The first kappa shape index (κ1) is 22.4. The number of hydrogen-bond acceptors (Lipinski definition) is 7. The highest BCUT2D eigenvalue weighted by Crippen LogP contribution is 2.41. The Morgan fingerprint density at radius 1 is 0.935 bits per heavy atom. The third kappa shape index (κ3) is 4.41. The summed E-state index contributed by atoms with van der Waals surface area (Å²) in [5, 5.41) is 1.55. The molecule has 2 aromatic carbocycles. The van der Waals surface area contributed by atoms with Crippen molar-refractivity contribution in [1.82, 2.24) is 4.98 Å². The van der Waals surface area contributed by atoms with Gasteiger partial charge in [-0.3, -0.25) is 0 Å². The van der Waals surface area contributed by atoms with E-state index in [2.05, 4.69) is 4.98 Å². The van der Waals surface area contributed by atoms with Crippen molar-refractivity contribution in [2.75, 3.05) is 27.4 Å². The maximum absolute atomic E-state index is 12.8. The molecule has 0 spiro atoms. The number of ether oxygens (including phenoxy) is 4. The molecule has 0 aliphatic rings. The van der Waals surface area contributed by atoms with Crippen molar-refractivity contribution in [3.05, 3.63) is 52.8 Å². The standard InChI is InChI=1S/C23H22ClNO6/c1-5-30-17-10-14-9-16(22(26)28-3)21(23(27)29-4)20(13-7-8-25-19(24)11-13)15(14)12-18(17)31-6-2/h7-12H,5-6H2,1-4H3. The first-order valence-electron chi connectivity index (χ1n) is 9.64. The van der Waals surface area contributed by atoms with E-state index in [-0.39, 0.29) is 16.3 Å². The topological polar surface area (TPSA) is 84.0 Å². The number of fused-ring (bicyclic) bond motifs is 1. The molecule has 0 fully saturated rings. The van der Waals surface area contributed by atoms with Crippen LogP contribution in [0.1, 0.15) is 34.6 Å². The average molecular weight is 444 g/mol. The number of halogens is 1. The second-order valence-electron chi connectivity index (χ2n) is 6.41. The number of rotatable bonds is 7. The summed E-state index contributed by atoms with van der Waals surface area (Å²) in [4.78, 5) is 29.4. The fourth-order valence-electron chi connectivity index (χ4n) is 3.39. The Bertz CT molecular complexity index is 1140. The van der Waals surface area contributed by atoms with Crippen LogP contribution in [0, 0.1) is 0 Å². The summed E-state index contributed by atoms with van der Waals surface area (Å²) in [7, 11) is 2.50. The molecule has 1 aromatic heterocycles. The highest BCUT2D eigenvalue weighted by atomic mass is 35.5. The molecule has 0 amide bonds. The lowest BCUT2D eigenvalue weighted by atomic mass is 9.89. The number of aromatic nitrogens is 1. The van der Waals surface area contributed by atoms with Crippen LogP contribution in [0.5, 0.6) is 11.5 Å². The lowest BCUT2D eigenvalue weighted by Gasteiger charge is -2.18. The Morgan fingerprint density at radius 3 is 2.16 bits per heavy atom. The van der Waals surface area contributed by atoms with E-state index in [0.29, 0.717) is 46.6 Å². The highest BCUT2D eigenvalue weighted by Gasteiger charge is 2.27. The van der Waals surface area contributed by atoms with Gasteiger partial charge in [-0.05, 0) is 60.5 Å². The number of pyridine rings is 1. The summed E-state index contributed by atoms with van der Waals surface area (Å²) in [6.07, 6.45) is 1.52. The Kier molecular flexibility index (Phi) is 6.97. The second-order valence-corrected chi connectivity index (χ2v) is 6.80. The molecule has 3 aromatic rings. The maximum atomic E-state index is 12.8. The van der Waals surface area contributed by atoms with E-state index < -0.39 is 11.9 Å². The molecule has 1 heterocycles. The summed E-state index contributed by atoms with van der Waals surface area (Å²) in [5.41, 5.74) is 1.17. The van der Waals surface area contributed by atoms with Crippen molar-refractivity contribution in [3.63, 3.8) is 0 Å². The predicted octanol–water partition coefficient (Wildman–Crippen LogP) is 4.93. The predicted molar refractivity (Wildman–Crippen MR) is 117 cm³/mol. The number of hydrogen-bond donors (Lipinski definition) is 0. The minimum atomic E-state index is -0.683. The van der Waals surface area contributed by atoms with Gasteiger partial charge in [-0.2, -0.15) is 0 Å². The molecule has 0 aliphatic heterocycles. The van der Waals surface area contributed by atoms with Crippen molar-refractivity contribution >= 4 is 34.3 Å². The molecular formula is C23H22ClNO6. The lowest BCUT2D eigenvalue weighted by molar-refractivity contribution is 0.0556. The van der Waals surface area contributed by atoms with E-state index >= 15 is 0 Å². The number of carbonyl (C=O) groups excluding carboxylic acids is 2. The minimum Gasteiger partial charge on any atom is -0.490 e. The van der Waals surface area contributed by atoms with Gasteiger partial charge in [-0.25, -0.2) is 14.6 Å². The summed E-state index contributed by atoms with van der Waals surface area (Å²) in [6, 6.07) is 8.44. The second kappa shape index (κ2) is 9.66. The van der Waals surface area contributed by atoms with Crippen molar-refractivity contribution < 1.29 is 28.5 Å². The third-order valence-corrected chi connectivity index (χ3v) is 4.82. The van der Waals surface area contributed by atoms with E-state index in [4.69, 9.17) is 30.5 Å². The summed E-state index contributed by atoms with van der Waals surface area (Å²) in [6.45, 7) is 4.59. The van der Waals surface area contributed by atoms with E-state index in [1.165, 1.54) is 20.4 Å². The molecule has 0 saturated heterocycles. The van der Waals surface area contributed by atoms with Crippen molar-refractivity contribution in [1.29, 1.82) is 0 Å². The van der Waals surface area contributed by atoms with Crippen LogP contribution in [-0.4, -0.2) is 44.4 Å². The van der Waals surface area contributed by atoms with Crippen LogP contribution in [-0.2, 0) is 9.47 Å². The number of methoxy groups -OCH3 is 2. The maximum Gasteiger partial charge on any atom is 0.339 e. The zero-order valence-electron chi connectivity index (χ0n) is 17.7. The summed E-state index contributed by atoms with van der Waals surface area (Å²) < 4.78 is 21.4. The van der Waals surface area contributed by atoms with Gasteiger partial charge >= 0.3 is 11.9 Å². The van der Waals surface area contributed by atoms with Crippen molar-refractivity contribution in [3.8, 4) is 22.6 Å². The van der Waals surface area contributed by atoms with Gasteiger partial charge < -0.3 is 18.9 Å². The molecule has 0 N–H and O–H groups in total. The molecular weight excluding hydrogens is 422 g/mol. The average Bonchev–Trinajstić information content (AvgIpc) is 2.77. The van der Waals surface area contributed by atoms with Gasteiger partial charge in [0.05, 0.1) is 38.6 Å². The molecule has 0 atom stereocenters. The van der Waals surface area contributed by atoms with E-state index in [0.717, 1.165) is 0 Å². The van der Waals surface area contributed by atoms with E-state index in [9.17, 15) is 9.59 Å². The fourth-order valence-corrected chi connectivity index (χ4v) is 3.56. The number of carbonyl (C=O) groups is 2. The first-order chi connectivity index (χ1) is 14.9. The summed E-state index contributed by atoms with van der Waals surface area (Å²) >= 11 is 6.13. The van der Waals surface area contributed by atoms with Gasteiger partial charge in [0.1, 0.15) is 5.15 Å². The third-order valence-electron chi connectivity index (χ3n) is 4.61. The highest BCUT2D eigenvalue weighted by molar-refractivity contribution is 6.29. The van der Waals surface area contributed by atoms with Crippen molar-refractivity contribution in [2.24, 2.45) is 0 Å². The molecule has 0 saturated carbocycles. The van der Waals surface area contributed by atoms with Gasteiger partial charge in [0, 0.05) is 11.8 Å². The molecule has 0 aliphatic carbocycles. The molecule has 31 heavy (non-hydrogen) atoms. The van der Waals surface area contributed by atoms with Crippen LogP contribution < -0.4 is 9.47 Å². The molecule has 7 nitrogen and oxygen atoms in total. The Morgan fingerprint density at radius 2 is 1.58 bits per heavy atom. The molecule has 0 bridgehead atoms. The molecule has 3 rings (SSSR count). The van der Waals surface area contributed by atoms with Crippen LogP contribution in [0.3, 0.4) is 0 Å². The normalized spacial score (nSPS) is 10.6. The van der Waals surface area contributed by atoms with Crippen LogP contribution in [0.25, 0.3) is 21.9 Å². The van der Waals surface area contributed by atoms with Gasteiger partial charge in [0.25, 0.3) is 0 Å². The zero-order valence-corrected chi connectivity index (χ0v) is 18.4. The fraction of sp³-hybridized carbons (Fsp3) is 0.261. The molecule has 0 radical (unpaired) electrons. The van der Waals surface area contributed by atoms with Gasteiger partial charge in [0.2, 0.25) is 0 Å². The van der Waals surface area contributed by atoms with Gasteiger partial charge in [-0.15, -0.1) is 0 Å². The Balaban J connectivity index is 2.52. The van der Waals surface area contributed by atoms with Crippen LogP contribution in [0.4, 0.5) is 0 Å². The first-order valence-corrected chi connectivity index (χ1v) is 10.0. The zero-order chi connectivity index (χ0) is 22.5. The van der Waals surface area contributed by atoms with E-state index in [1.807, 2.05) is 13.8 Å². The minimum absolute atomic E-state index is 0.0655. The van der Waals surface area contributed by atoms with Gasteiger partial charge in [-0.1, -0.05) is 11.6 Å². The number of esters is 2. The molecule has 162 valence electrons.